The number of thiazole rings is 1. The van der Waals surface area contributed by atoms with E-state index in [-0.39, 0.29) is 5.82 Å². The number of fused-ring (bicyclic) bond motifs is 1. The second-order valence-corrected chi connectivity index (χ2v) is 6.48. The molecule has 0 saturated carbocycles. The molecular formula is C14H14FNOS2. The first-order valence-electron chi connectivity index (χ1n) is 6.21. The van der Waals surface area contributed by atoms with E-state index in [4.69, 9.17) is 0 Å². The molecule has 3 rings (SSSR count). The topological polar surface area (TPSA) is 33.1 Å². The lowest BCUT2D eigenvalue weighted by atomic mass is 10.0. The van der Waals surface area contributed by atoms with Gasteiger partial charge >= 0.3 is 0 Å². The van der Waals surface area contributed by atoms with Crippen molar-refractivity contribution in [2.45, 2.75) is 30.3 Å². The van der Waals surface area contributed by atoms with Crippen LogP contribution in [0.25, 0.3) is 10.6 Å². The molecule has 1 aliphatic rings. The summed E-state index contributed by atoms with van der Waals surface area (Å²) in [6.45, 7) is 0. The SMILES string of the molecule is CSc1cccc(F)c1-c1nc2c(s1)CCCC2O. The van der Waals surface area contributed by atoms with Crippen molar-refractivity contribution in [1.29, 1.82) is 0 Å². The highest BCUT2D eigenvalue weighted by Gasteiger charge is 2.25. The van der Waals surface area contributed by atoms with Gasteiger partial charge in [-0.05, 0) is 37.7 Å². The summed E-state index contributed by atoms with van der Waals surface area (Å²) in [6, 6.07) is 5.08. The van der Waals surface area contributed by atoms with E-state index in [1.165, 1.54) is 29.2 Å². The van der Waals surface area contributed by atoms with Crippen LogP contribution in [0.4, 0.5) is 4.39 Å². The van der Waals surface area contributed by atoms with E-state index in [1.807, 2.05) is 12.3 Å². The number of halogens is 1. The van der Waals surface area contributed by atoms with Crippen LogP contribution in [0, 0.1) is 5.82 Å². The number of hydrogen-bond acceptors (Lipinski definition) is 4. The average Bonchev–Trinajstić information content (AvgIpc) is 2.83. The Labute approximate surface area is 119 Å². The average molecular weight is 295 g/mol. The molecule has 1 atom stereocenters. The standard InChI is InChI=1S/C14H14FNOS2/c1-18-10-6-2-4-8(15)12(10)14-16-13-9(17)5-3-7-11(13)19-14/h2,4,6,9,17H,3,5,7H2,1H3. The van der Waals surface area contributed by atoms with Crippen LogP contribution in [0.1, 0.15) is 29.5 Å². The molecule has 1 aromatic carbocycles. The van der Waals surface area contributed by atoms with Crippen LogP contribution in [-0.4, -0.2) is 16.3 Å². The van der Waals surface area contributed by atoms with Gasteiger partial charge in [0.2, 0.25) is 0 Å². The maximum atomic E-state index is 14.1. The maximum Gasteiger partial charge on any atom is 0.134 e. The Morgan fingerprint density at radius 1 is 1.47 bits per heavy atom. The van der Waals surface area contributed by atoms with Crippen LogP contribution in [0.2, 0.25) is 0 Å². The van der Waals surface area contributed by atoms with Crippen LogP contribution in [-0.2, 0) is 6.42 Å². The Morgan fingerprint density at radius 3 is 3.05 bits per heavy atom. The molecule has 2 aromatic rings. The summed E-state index contributed by atoms with van der Waals surface area (Å²) in [5.41, 5.74) is 1.32. The number of aromatic nitrogens is 1. The van der Waals surface area contributed by atoms with Crippen molar-refractivity contribution in [3.8, 4) is 10.6 Å². The highest BCUT2D eigenvalue weighted by atomic mass is 32.2. The summed E-state index contributed by atoms with van der Waals surface area (Å²) in [5.74, 6) is -0.243. The van der Waals surface area contributed by atoms with Crippen molar-refractivity contribution >= 4 is 23.1 Å². The summed E-state index contributed by atoms with van der Waals surface area (Å²) in [6.07, 6.45) is 4.11. The summed E-state index contributed by atoms with van der Waals surface area (Å²) in [5, 5.41) is 10.7. The molecule has 1 aliphatic carbocycles. The second kappa shape index (κ2) is 5.23. The lowest BCUT2D eigenvalue weighted by Crippen LogP contribution is -2.07. The van der Waals surface area contributed by atoms with E-state index in [9.17, 15) is 9.50 Å². The number of aliphatic hydroxyl groups excluding tert-OH is 1. The van der Waals surface area contributed by atoms with Gasteiger partial charge in [0.1, 0.15) is 10.8 Å². The molecule has 1 aromatic heterocycles. The highest BCUT2D eigenvalue weighted by molar-refractivity contribution is 7.98. The molecule has 0 fully saturated rings. The quantitative estimate of drug-likeness (QED) is 0.849. The molecule has 1 unspecified atom stereocenters. The van der Waals surface area contributed by atoms with E-state index in [0.717, 1.165) is 34.7 Å². The summed E-state index contributed by atoms with van der Waals surface area (Å²) >= 11 is 3.03. The second-order valence-electron chi connectivity index (χ2n) is 4.55. The fraction of sp³-hybridized carbons (Fsp3) is 0.357. The summed E-state index contributed by atoms with van der Waals surface area (Å²) in [7, 11) is 0. The molecule has 100 valence electrons. The Hall–Kier alpha value is -0.910. The molecule has 19 heavy (non-hydrogen) atoms. The number of nitrogens with zero attached hydrogens (tertiary/aromatic N) is 1. The van der Waals surface area contributed by atoms with Crippen molar-refractivity contribution in [3.05, 3.63) is 34.6 Å². The van der Waals surface area contributed by atoms with E-state index in [2.05, 4.69) is 4.98 Å². The minimum atomic E-state index is -0.488. The van der Waals surface area contributed by atoms with Crippen molar-refractivity contribution in [2.75, 3.05) is 6.26 Å². The van der Waals surface area contributed by atoms with E-state index >= 15 is 0 Å². The number of benzene rings is 1. The number of thioether (sulfide) groups is 1. The normalized spacial score (nSPS) is 18.4. The molecule has 1 N–H and O–H groups in total. The fourth-order valence-corrected chi connectivity index (χ4v) is 4.28. The van der Waals surface area contributed by atoms with Gasteiger partial charge < -0.3 is 5.11 Å². The third kappa shape index (κ3) is 2.30. The fourth-order valence-electron chi connectivity index (χ4n) is 2.38. The maximum absolute atomic E-state index is 14.1. The van der Waals surface area contributed by atoms with Gasteiger partial charge in [0.15, 0.2) is 0 Å². The van der Waals surface area contributed by atoms with Crippen LogP contribution in [0.5, 0.6) is 0 Å². The van der Waals surface area contributed by atoms with E-state index in [0.29, 0.717) is 10.6 Å². The first kappa shape index (κ1) is 13.1. The first-order valence-corrected chi connectivity index (χ1v) is 8.25. The van der Waals surface area contributed by atoms with Gasteiger partial charge in [-0.1, -0.05) is 6.07 Å². The molecule has 5 heteroatoms. The molecule has 0 saturated heterocycles. The van der Waals surface area contributed by atoms with Crippen LogP contribution >= 0.6 is 23.1 Å². The smallest absolute Gasteiger partial charge is 0.134 e. The Kier molecular flexibility index (Phi) is 3.60. The lowest BCUT2D eigenvalue weighted by Gasteiger charge is -2.14. The minimum Gasteiger partial charge on any atom is -0.387 e. The monoisotopic (exact) mass is 295 g/mol. The van der Waals surface area contributed by atoms with Gasteiger partial charge in [-0.25, -0.2) is 9.37 Å². The predicted molar refractivity (Wildman–Crippen MR) is 77.2 cm³/mol. The van der Waals surface area contributed by atoms with Gasteiger partial charge in [0, 0.05) is 9.77 Å². The number of hydrogen-bond donors (Lipinski definition) is 1. The van der Waals surface area contributed by atoms with Crippen molar-refractivity contribution in [1.82, 2.24) is 4.98 Å². The van der Waals surface area contributed by atoms with Crippen molar-refractivity contribution < 1.29 is 9.50 Å². The largest absolute Gasteiger partial charge is 0.387 e. The van der Waals surface area contributed by atoms with Crippen LogP contribution in [0.3, 0.4) is 0 Å². The van der Waals surface area contributed by atoms with Crippen LogP contribution in [0.15, 0.2) is 23.1 Å². The molecule has 0 bridgehead atoms. The van der Waals surface area contributed by atoms with Gasteiger partial charge in [-0.15, -0.1) is 23.1 Å². The van der Waals surface area contributed by atoms with Crippen LogP contribution < -0.4 is 0 Å². The summed E-state index contributed by atoms with van der Waals surface area (Å²) < 4.78 is 14.1. The first-order chi connectivity index (χ1) is 9.20. The van der Waals surface area contributed by atoms with Gasteiger partial charge in [-0.3, -0.25) is 0 Å². The number of aryl methyl sites for hydroxylation is 1. The van der Waals surface area contributed by atoms with Crippen molar-refractivity contribution in [2.24, 2.45) is 0 Å². The predicted octanol–water partition coefficient (Wildman–Crippen LogP) is 4.04. The van der Waals surface area contributed by atoms with Gasteiger partial charge in [0.25, 0.3) is 0 Å². The minimum absolute atomic E-state index is 0.243. The Morgan fingerprint density at radius 2 is 2.32 bits per heavy atom. The molecular weight excluding hydrogens is 281 g/mol. The molecule has 2 nitrogen and oxygen atoms in total. The molecule has 1 heterocycles. The van der Waals surface area contributed by atoms with Gasteiger partial charge in [-0.2, -0.15) is 0 Å². The zero-order valence-corrected chi connectivity index (χ0v) is 12.2. The molecule has 0 spiro atoms. The Bertz CT molecular complexity index is 611. The Balaban J connectivity index is 2.13. The third-order valence-corrected chi connectivity index (χ3v) is 5.26. The zero-order valence-electron chi connectivity index (χ0n) is 10.5. The summed E-state index contributed by atoms with van der Waals surface area (Å²) in [4.78, 5) is 6.48. The molecule has 0 amide bonds. The zero-order chi connectivity index (χ0) is 13.4. The number of aliphatic hydroxyl groups is 1. The third-order valence-electron chi connectivity index (χ3n) is 3.33. The highest BCUT2D eigenvalue weighted by Crippen LogP contribution is 2.40. The van der Waals surface area contributed by atoms with E-state index in [1.54, 1.807) is 6.07 Å². The molecule has 0 aliphatic heterocycles. The van der Waals surface area contributed by atoms with Crippen molar-refractivity contribution in [3.63, 3.8) is 0 Å². The number of rotatable bonds is 2. The molecule has 0 radical (unpaired) electrons. The van der Waals surface area contributed by atoms with Gasteiger partial charge in [0.05, 0.1) is 17.4 Å². The lowest BCUT2D eigenvalue weighted by molar-refractivity contribution is 0.153. The van der Waals surface area contributed by atoms with E-state index < -0.39 is 6.10 Å².